The lowest BCUT2D eigenvalue weighted by Crippen LogP contribution is -2.38. The third kappa shape index (κ3) is 3.99. The number of aryl methyl sites for hydroxylation is 1. The molecule has 0 aliphatic rings. The summed E-state index contributed by atoms with van der Waals surface area (Å²) in [5.41, 5.74) is -1.63. The molecule has 2 N–H and O–H groups in total. The molecule has 0 fully saturated rings. The Morgan fingerprint density at radius 1 is 1.36 bits per heavy atom. The van der Waals surface area contributed by atoms with Gasteiger partial charge in [0.15, 0.2) is 0 Å². The Bertz CT molecular complexity index is 915. The molecule has 2 radical (unpaired) electrons. The van der Waals surface area contributed by atoms with Crippen LogP contribution in [0.2, 0.25) is 0 Å². The van der Waals surface area contributed by atoms with Crippen LogP contribution in [0.1, 0.15) is 31.1 Å². The number of amides is 1. The van der Waals surface area contributed by atoms with E-state index in [0.717, 1.165) is 4.57 Å². The molecule has 0 aromatic carbocycles. The molecular formula is C16H18BN3O5. The monoisotopic (exact) mass is 343 g/mol. The number of nitrogens with zero attached hydrogens (tertiary/aromatic N) is 2. The van der Waals surface area contributed by atoms with Crippen molar-refractivity contribution in [2.45, 2.75) is 26.4 Å². The molecular weight excluding hydrogens is 325 g/mol. The maximum absolute atomic E-state index is 12.4. The molecule has 9 heteroatoms. The summed E-state index contributed by atoms with van der Waals surface area (Å²) in [4.78, 5) is 40.3. The Labute approximate surface area is 145 Å². The molecule has 0 unspecified atom stereocenters. The minimum absolute atomic E-state index is 0.145. The number of rotatable bonds is 3. The summed E-state index contributed by atoms with van der Waals surface area (Å²) in [6.07, 6.45) is 0. The molecule has 2 aromatic rings. The van der Waals surface area contributed by atoms with Crippen molar-refractivity contribution in [3.05, 3.63) is 28.0 Å². The van der Waals surface area contributed by atoms with Gasteiger partial charge in [-0.1, -0.05) is 6.07 Å². The van der Waals surface area contributed by atoms with Gasteiger partial charge in [-0.2, -0.15) is 0 Å². The smallest absolute Gasteiger partial charge is 0.325 e. The largest absolute Gasteiger partial charge is 0.506 e. The van der Waals surface area contributed by atoms with Gasteiger partial charge < -0.3 is 15.2 Å². The molecule has 8 nitrogen and oxygen atoms in total. The van der Waals surface area contributed by atoms with E-state index in [2.05, 4.69) is 10.3 Å². The first-order valence-electron chi connectivity index (χ1n) is 7.49. The number of hydrogen-bond acceptors (Lipinski definition) is 6. The van der Waals surface area contributed by atoms with E-state index in [-0.39, 0.29) is 16.6 Å². The summed E-state index contributed by atoms with van der Waals surface area (Å²) in [6, 6.07) is 2.89. The normalized spacial score (nSPS) is 11.4. The van der Waals surface area contributed by atoms with Gasteiger partial charge in [0.05, 0.1) is 5.39 Å². The predicted octanol–water partition coefficient (Wildman–Crippen LogP) is -0.496. The van der Waals surface area contributed by atoms with Crippen LogP contribution in [0, 0.1) is 0 Å². The summed E-state index contributed by atoms with van der Waals surface area (Å²) < 4.78 is 6.17. The average molecular weight is 343 g/mol. The SMILES string of the molecule is [B]c1ccc2c(O)c(C(=O)NCC(=O)OC(C)(C)C)c(=O)n(C)c2n1. The standard InChI is InChI=1S/C16H18BN3O5/c1-16(2,3)25-10(21)7-18-14(23)11-12(22)8-5-6-9(17)19-13(8)20(4)15(11)24/h5-6,22H,7H2,1-4H3,(H,18,23). The second-order valence-electron chi connectivity index (χ2n) is 6.46. The van der Waals surface area contributed by atoms with Crippen LogP contribution in [0.4, 0.5) is 0 Å². The fraction of sp³-hybridized carbons (Fsp3) is 0.375. The molecule has 0 spiro atoms. The first-order valence-corrected chi connectivity index (χ1v) is 7.49. The zero-order valence-corrected chi connectivity index (χ0v) is 14.4. The summed E-state index contributed by atoms with van der Waals surface area (Å²) in [5, 5.41) is 12.8. The molecule has 2 heterocycles. The minimum Gasteiger partial charge on any atom is -0.506 e. The zero-order valence-electron chi connectivity index (χ0n) is 14.4. The number of pyridine rings is 2. The lowest BCUT2D eigenvalue weighted by Gasteiger charge is -2.19. The molecule has 0 aliphatic carbocycles. The van der Waals surface area contributed by atoms with Gasteiger partial charge in [0.2, 0.25) is 0 Å². The molecule has 0 saturated heterocycles. The van der Waals surface area contributed by atoms with Crippen LogP contribution in [0.3, 0.4) is 0 Å². The molecule has 1 amide bonds. The van der Waals surface area contributed by atoms with Gasteiger partial charge in [-0.25, -0.2) is 4.98 Å². The highest BCUT2D eigenvalue weighted by Crippen LogP contribution is 2.23. The van der Waals surface area contributed by atoms with Crippen molar-refractivity contribution >= 4 is 36.3 Å². The van der Waals surface area contributed by atoms with Crippen LogP contribution in [0.15, 0.2) is 16.9 Å². The van der Waals surface area contributed by atoms with Crippen molar-refractivity contribution in [1.29, 1.82) is 0 Å². The number of carbonyl (C=O) groups is 2. The highest BCUT2D eigenvalue weighted by atomic mass is 16.6. The van der Waals surface area contributed by atoms with E-state index in [1.165, 1.54) is 19.2 Å². The lowest BCUT2D eigenvalue weighted by molar-refractivity contribution is -0.153. The highest BCUT2D eigenvalue weighted by molar-refractivity contribution is 6.31. The number of hydrogen-bond donors (Lipinski definition) is 2. The molecule has 0 saturated carbocycles. The first-order chi connectivity index (χ1) is 11.5. The average Bonchev–Trinajstić information content (AvgIpc) is 2.49. The fourth-order valence-electron chi connectivity index (χ4n) is 2.23. The Kier molecular flexibility index (Phi) is 4.87. The molecule has 130 valence electrons. The number of carbonyl (C=O) groups excluding carboxylic acids is 2. The maximum Gasteiger partial charge on any atom is 0.325 e. The van der Waals surface area contributed by atoms with Crippen molar-refractivity contribution in [3.8, 4) is 5.75 Å². The Balaban J connectivity index is 2.35. The molecule has 25 heavy (non-hydrogen) atoms. The van der Waals surface area contributed by atoms with Crippen molar-refractivity contribution in [2.24, 2.45) is 7.05 Å². The van der Waals surface area contributed by atoms with Crippen molar-refractivity contribution in [2.75, 3.05) is 6.54 Å². The molecule has 0 atom stereocenters. The quantitative estimate of drug-likeness (QED) is 0.575. The van der Waals surface area contributed by atoms with Crippen LogP contribution in [-0.2, 0) is 16.6 Å². The van der Waals surface area contributed by atoms with Crippen molar-refractivity contribution < 1.29 is 19.4 Å². The van der Waals surface area contributed by atoms with Gasteiger partial charge in [0.25, 0.3) is 11.5 Å². The van der Waals surface area contributed by atoms with E-state index >= 15 is 0 Å². The number of fused-ring (bicyclic) bond motifs is 1. The number of aromatic nitrogens is 2. The van der Waals surface area contributed by atoms with Crippen LogP contribution < -0.4 is 16.5 Å². The second kappa shape index (κ2) is 6.58. The van der Waals surface area contributed by atoms with Crippen LogP contribution in [0.25, 0.3) is 11.0 Å². The summed E-state index contributed by atoms with van der Waals surface area (Å²) in [7, 11) is 6.99. The van der Waals surface area contributed by atoms with Gasteiger partial charge in [-0.15, -0.1) is 0 Å². The van der Waals surface area contributed by atoms with Gasteiger partial charge in [0, 0.05) is 7.05 Å². The van der Waals surface area contributed by atoms with Gasteiger partial charge >= 0.3 is 5.97 Å². The third-order valence-electron chi connectivity index (χ3n) is 3.27. The molecule has 2 aromatic heterocycles. The summed E-state index contributed by atoms with van der Waals surface area (Å²) >= 11 is 0. The van der Waals surface area contributed by atoms with Crippen molar-refractivity contribution in [3.63, 3.8) is 0 Å². The van der Waals surface area contributed by atoms with E-state index in [0.29, 0.717) is 0 Å². The first kappa shape index (κ1) is 18.5. The highest BCUT2D eigenvalue weighted by Gasteiger charge is 2.23. The lowest BCUT2D eigenvalue weighted by atomic mass is 10.0. The van der Waals surface area contributed by atoms with Crippen molar-refractivity contribution in [1.82, 2.24) is 14.9 Å². The van der Waals surface area contributed by atoms with Gasteiger partial charge in [-0.3, -0.25) is 19.0 Å². The van der Waals surface area contributed by atoms with E-state index in [1.807, 2.05) is 0 Å². The van der Waals surface area contributed by atoms with Crippen LogP contribution >= 0.6 is 0 Å². The van der Waals surface area contributed by atoms with Crippen LogP contribution in [0.5, 0.6) is 5.75 Å². The Morgan fingerprint density at radius 3 is 2.60 bits per heavy atom. The summed E-state index contributed by atoms with van der Waals surface area (Å²) in [5.74, 6) is -2.07. The number of aromatic hydroxyl groups is 1. The predicted molar refractivity (Wildman–Crippen MR) is 92.2 cm³/mol. The van der Waals surface area contributed by atoms with E-state index in [1.54, 1.807) is 20.8 Å². The Hall–Kier alpha value is -2.84. The summed E-state index contributed by atoms with van der Waals surface area (Å²) in [6.45, 7) is 4.64. The molecule has 2 rings (SSSR count). The number of nitrogens with one attached hydrogen (secondary N) is 1. The third-order valence-corrected chi connectivity index (χ3v) is 3.27. The Morgan fingerprint density at radius 2 is 2.00 bits per heavy atom. The van der Waals surface area contributed by atoms with Gasteiger partial charge in [-0.05, 0) is 32.4 Å². The van der Waals surface area contributed by atoms with E-state index < -0.39 is 40.9 Å². The fourth-order valence-corrected chi connectivity index (χ4v) is 2.23. The molecule has 0 aliphatic heterocycles. The van der Waals surface area contributed by atoms with Gasteiger partial charge in [0.1, 0.15) is 37.0 Å². The number of esters is 1. The zero-order chi connectivity index (χ0) is 18.9. The van der Waals surface area contributed by atoms with E-state index in [4.69, 9.17) is 12.6 Å². The maximum atomic E-state index is 12.4. The molecule has 0 bridgehead atoms. The number of ether oxygens (including phenoxy) is 1. The topological polar surface area (TPSA) is 111 Å². The van der Waals surface area contributed by atoms with Crippen LogP contribution in [-0.4, -0.2) is 46.5 Å². The van der Waals surface area contributed by atoms with E-state index in [9.17, 15) is 19.5 Å². The minimum atomic E-state index is -0.886. The second-order valence-corrected chi connectivity index (χ2v) is 6.46.